The summed E-state index contributed by atoms with van der Waals surface area (Å²) in [5.74, 6) is -1.06. The van der Waals surface area contributed by atoms with E-state index in [2.05, 4.69) is 5.92 Å². The second kappa shape index (κ2) is 4.01. The van der Waals surface area contributed by atoms with Crippen molar-refractivity contribution in [3.63, 3.8) is 0 Å². The number of ether oxygens (including phenoxy) is 1. The minimum absolute atomic E-state index is 0.0434. The number of esters is 1. The smallest absolute Gasteiger partial charge is 0.311 e. The van der Waals surface area contributed by atoms with Crippen LogP contribution in [0.25, 0.3) is 0 Å². The number of carboxylic acids is 1. The molecule has 0 radical (unpaired) electrons. The first-order valence-electron chi connectivity index (χ1n) is 5.14. The highest BCUT2D eigenvalue weighted by atomic mass is 16.5. The van der Waals surface area contributed by atoms with Gasteiger partial charge in [0.2, 0.25) is 0 Å². The molecular formula is C12H11O4-. The lowest BCUT2D eigenvalue weighted by molar-refractivity contribution is -0.314. The highest BCUT2D eigenvalue weighted by molar-refractivity contribution is 5.82. The Morgan fingerprint density at radius 3 is 2.56 bits per heavy atom. The van der Waals surface area contributed by atoms with Crippen LogP contribution < -0.4 is 5.11 Å². The number of terminal acetylenes is 1. The number of hydrogen-bond acceptors (Lipinski definition) is 4. The Kier molecular flexibility index (Phi) is 2.69. The van der Waals surface area contributed by atoms with Gasteiger partial charge < -0.3 is 14.6 Å². The molecule has 16 heavy (non-hydrogen) atoms. The quantitative estimate of drug-likeness (QED) is 0.359. The van der Waals surface area contributed by atoms with E-state index < -0.39 is 23.8 Å². The average Bonchev–Trinajstić information content (AvgIpc) is 2.84. The van der Waals surface area contributed by atoms with Crippen LogP contribution in [0.2, 0.25) is 0 Å². The molecule has 0 aromatic rings. The Balaban J connectivity index is 2.14. The fraction of sp³-hybridized carbons (Fsp3) is 0.500. The fourth-order valence-corrected chi connectivity index (χ4v) is 2.67. The Morgan fingerprint density at radius 1 is 1.38 bits per heavy atom. The van der Waals surface area contributed by atoms with Crippen LogP contribution in [0.4, 0.5) is 0 Å². The van der Waals surface area contributed by atoms with Gasteiger partial charge in [0.05, 0.1) is 5.92 Å². The van der Waals surface area contributed by atoms with Gasteiger partial charge in [-0.15, -0.1) is 6.42 Å². The van der Waals surface area contributed by atoms with Gasteiger partial charge in [-0.3, -0.25) is 4.79 Å². The molecule has 4 atom stereocenters. The second-order valence-corrected chi connectivity index (χ2v) is 4.13. The van der Waals surface area contributed by atoms with E-state index in [9.17, 15) is 14.7 Å². The van der Waals surface area contributed by atoms with Gasteiger partial charge in [0.15, 0.2) is 6.61 Å². The van der Waals surface area contributed by atoms with Crippen LogP contribution in [0, 0.1) is 36.0 Å². The highest BCUT2D eigenvalue weighted by Gasteiger charge is 2.49. The third kappa shape index (κ3) is 1.58. The number of aliphatic carboxylic acids is 1. The molecule has 1 saturated carbocycles. The SMILES string of the molecule is C#CCOC(=O)[C@@H]1[C@H](C(=O)[O-])[C@H]2C=C[C@@H]1C2. The molecule has 2 bridgehead atoms. The van der Waals surface area contributed by atoms with Crippen LogP contribution in [0.1, 0.15) is 6.42 Å². The molecule has 0 amide bonds. The third-order valence-corrected chi connectivity index (χ3v) is 3.30. The minimum atomic E-state index is -1.18. The summed E-state index contributed by atoms with van der Waals surface area (Å²) in [5.41, 5.74) is 0. The lowest BCUT2D eigenvalue weighted by Crippen LogP contribution is -2.41. The summed E-state index contributed by atoms with van der Waals surface area (Å²) in [5, 5.41) is 11.0. The van der Waals surface area contributed by atoms with Crippen LogP contribution in [0.15, 0.2) is 12.2 Å². The van der Waals surface area contributed by atoms with Gasteiger partial charge in [0.25, 0.3) is 0 Å². The molecule has 84 valence electrons. The van der Waals surface area contributed by atoms with Crippen LogP contribution in [0.3, 0.4) is 0 Å². The number of carboxylic acid groups (broad SMARTS) is 1. The molecule has 2 aliphatic carbocycles. The van der Waals surface area contributed by atoms with E-state index in [0.717, 1.165) is 0 Å². The molecule has 4 heteroatoms. The predicted octanol–water partition coefficient (Wildman–Crippen LogP) is -0.649. The Bertz CT molecular complexity index is 390. The van der Waals surface area contributed by atoms with Crippen molar-refractivity contribution in [2.45, 2.75) is 6.42 Å². The van der Waals surface area contributed by atoms with Crippen molar-refractivity contribution in [3.8, 4) is 12.3 Å². The van der Waals surface area contributed by atoms with E-state index in [1.54, 1.807) is 0 Å². The first kappa shape index (κ1) is 10.7. The van der Waals surface area contributed by atoms with Gasteiger partial charge in [-0.25, -0.2) is 0 Å². The zero-order chi connectivity index (χ0) is 11.7. The van der Waals surface area contributed by atoms with Crippen molar-refractivity contribution < 1.29 is 19.4 Å². The average molecular weight is 219 g/mol. The number of allylic oxidation sites excluding steroid dienone is 2. The van der Waals surface area contributed by atoms with Crippen LogP contribution in [-0.4, -0.2) is 18.5 Å². The van der Waals surface area contributed by atoms with E-state index in [1.165, 1.54) is 0 Å². The van der Waals surface area contributed by atoms with Gasteiger partial charge in [-0.1, -0.05) is 18.1 Å². The molecule has 0 unspecified atom stereocenters. The van der Waals surface area contributed by atoms with Crippen molar-refractivity contribution >= 4 is 11.9 Å². The maximum Gasteiger partial charge on any atom is 0.311 e. The third-order valence-electron chi connectivity index (χ3n) is 3.30. The van der Waals surface area contributed by atoms with Crippen LogP contribution in [0.5, 0.6) is 0 Å². The molecule has 0 spiro atoms. The lowest BCUT2D eigenvalue weighted by Gasteiger charge is -2.26. The van der Waals surface area contributed by atoms with Crippen molar-refractivity contribution in [1.29, 1.82) is 0 Å². The Hall–Kier alpha value is -1.76. The summed E-state index contributed by atoms with van der Waals surface area (Å²) in [6.45, 7) is -0.115. The summed E-state index contributed by atoms with van der Waals surface area (Å²) in [7, 11) is 0. The van der Waals surface area contributed by atoms with E-state index >= 15 is 0 Å². The second-order valence-electron chi connectivity index (χ2n) is 4.13. The van der Waals surface area contributed by atoms with E-state index in [4.69, 9.17) is 11.2 Å². The summed E-state index contributed by atoms with van der Waals surface area (Å²) >= 11 is 0. The van der Waals surface area contributed by atoms with Gasteiger partial charge >= 0.3 is 5.97 Å². The normalized spacial score (nSPS) is 34.7. The zero-order valence-electron chi connectivity index (χ0n) is 8.59. The molecule has 0 aromatic carbocycles. The number of fused-ring (bicyclic) bond motifs is 2. The van der Waals surface area contributed by atoms with Gasteiger partial charge in [-0.05, 0) is 18.3 Å². The van der Waals surface area contributed by atoms with Gasteiger partial charge in [0, 0.05) is 11.9 Å². The van der Waals surface area contributed by atoms with Crippen molar-refractivity contribution in [2.75, 3.05) is 6.61 Å². The highest BCUT2D eigenvalue weighted by Crippen LogP contribution is 2.48. The van der Waals surface area contributed by atoms with E-state index in [1.807, 2.05) is 12.2 Å². The monoisotopic (exact) mass is 219 g/mol. The molecule has 0 N–H and O–H groups in total. The van der Waals surface area contributed by atoms with Gasteiger partial charge in [-0.2, -0.15) is 0 Å². The standard InChI is InChI=1S/C12H12O4/c1-2-5-16-12(15)10-8-4-3-7(6-8)9(10)11(13)14/h1,3-4,7-10H,5-6H2,(H,13,14)/p-1/t7-,8+,9+,10-/m0/s1. The molecule has 0 saturated heterocycles. The minimum Gasteiger partial charge on any atom is -0.550 e. The van der Waals surface area contributed by atoms with E-state index in [0.29, 0.717) is 6.42 Å². The molecule has 1 fully saturated rings. The molecule has 0 aromatic heterocycles. The number of hydrogen-bond donors (Lipinski definition) is 0. The zero-order valence-corrected chi connectivity index (χ0v) is 8.59. The molecular weight excluding hydrogens is 208 g/mol. The Morgan fingerprint density at radius 2 is 2.00 bits per heavy atom. The fourth-order valence-electron chi connectivity index (χ4n) is 2.67. The Labute approximate surface area is 93.3 Å². The summed E-state index contributed by atoms with van der Waals surface area (Å²) in [6, 6.07) is 0. The molecule has 2 aliphatic rings. The van der Waals surface area contributed by atoms with Crippen molar-refractivity contribution in [1.82, 2.24) is 0 Å². The molecule has 2 rings (SSSR count). The van der Waals surface area contributed by atoms with Crippen LogP contribution >= 0.6 is 0 Å². The topological polar surface area (TPSA) is 66.4 Å². The summed E-state index contributed by atoms with van der Waals surface area (Å²) < 4.78 is 4.81. The van der Waals surface area contributed by atoms with Crippen LogP contribution in [-0.2, 0) is 14.3 Å². The number of carbonyl (C=O) groups excluding carboxylic acids is 2. The molecule has 4 nitrogen and oxygen atoms in total. The molecule has 0 heterocycles. The summed E-state index contributed by atoms with van der Waals surface area (Å²) in [6.07, 6.45) is 9.39. The summed E-state index contributed by atoms with van der Waals surface area (Å²) in [4.78, 5) is 22.7. The maximum atomic E-state index is 11.7. The number of rotatable bonds is 3. The maximum absolute atomic E-state index is 11.7. The van der Waals surface area contributed by atoms with Crippen molar-refractivity contribution in [2.24, 2.45) is 23.7 Å². The lowest BCUT2D eigenvalue weighted by atomic mass is 9.83. The first-order valence-corrected chi connectivity index (χ1v) is 5.14. The number of carbonyl (C=O) groups is 2. The first-order chi connectivity index (χ1) is 7.65. The largest absolute Gasteiger partial charge is 0.550 e. The van der Waals surface area contributed by atoms with Crippen molar-refractivity contribution in [3.05, 3.63) is 12.2 Å². The van der Waals surface area contributed by atoms with Gasteiger partial charge in [0.1, 0.15) is 0 Å². The molecule has 0 aliphatic heterocycles. The predicted molar refractivity (Wildman–Crippen MR) is 52.5 cm³/mol. The van der Waals surface area contributed by atoms with E-state index in [-0.39, 0.29) is 18.4 Å².